The molecule has 0 atom stereocenters. The summed E-state index contributed by atoms with van der Waals surface area (Å²) in [6.45, 7) is 0.499. The van der Waals surface area contributed by atoms with Crippen molar-refractivity contribution in [2.75, 3.05) is 18.6 Å². The van der Waals surface area contributed by atoms with E-state index in [2.05, 4.69) is 0 Å². The summed E-state index contributed by atoms with van der Waals surface area (Å²) >= 11 is 0. The maximum Gasteiger partial charge on any atom is 0.127 e. The molecular formula is C14H16N2O. The van der Waals surface area contributed by atoms with Crippen molar-refractivity contribution in [1.82, 2.24) is 0 Å². The van der Waals surface area contributed by atoms with Crippen LogP contribution in [0.25, 0.3) is 0 Å². The Hall–Kier alpha value is -2.00. The van der Waals surface area contributed by atoms with E-state index < -0.39 is 0 Å². The predicted octanol–water partition coefficient (Wildman–Crippen LogP) is 2.83. The molecule has 0 spiro atoms. The summed E-state index contributed by atoms with van der Waals surface area (Å²) in [4.78, 5) is 1.96. The van der Waals surface area contributed by atoms with Crippen molar-refractivity contribution in [3.63, 3.8) is 0 Å². The van der Waals surface area contributed by atoms with Gasteiger partial charge in [-0.25, -0.2) is 0 Å². The second kappa shape index (κ2) is 5.37. The Morgan fingerprint density at radius 3 is 2.12 bits per heavy atom. The Morgan fingerprint density at radius 1 is 0.941 bits per heavy atom. The smallest absolute Gasteiger partial charge is 0.127 e. The normalized spacial score (nSPS) is 10.0. The van der Waals surface area contributed by atoms with Crippen LogP contribution in [-0.2, 0) is 0 Å². The first-order chi connectivity index (χ1) is 8.29. The summed E-state index contributed by atoms with van der Waals surface area (Å²) in [5, 5.41) is 0. The molecule has 0 saturated carbocycles. The van der Waals surface area contributed by atoms with Crippen LogP contribution in [0.3, 0.4) is 0 Å². The topological polar surface area (TPSA) is 38.5 Å². The van der Waals surface area contributed by atoms with Crippen LogP contribution in [0.5, 0.6) is 11.5 Å². The second-order valence-corrected chi connectivity index (χ2v) is 3.79. The Labute approximate surface area is 101 Å². The van der Waals surface area contributed by atoms with Gasteiger partial charge in [0.15, 0.2) is 0 Å². The Balaban J connectivity index is 2.08. The summed E-state index contributed by atoms with van der Waals surface area (Å²) in [7, 11) is 1.95. The number of rotatable bonds is 4. The first kappa shape index (κ1) is 11.5. The van der Waals surface area contributed by atoms with Crippen molar-refractivity contribution >= 4 is 5.69 Å². The van der Waals surface area contributed by atoms with Crippen LogP contribution in [0.2, 0.25) is 0 Å². The largest absolute Gasteiger partial charge is 0.457 e. The minimum atomic E-state index is 0.499. The number of hydrogen-bond acceptors (Lipinski definition) is 3. The average Bonchev–Trinajstić information content (AvgIpc) is 2.40. The molecule has 0 fully saturated rings. The third-order valence-electron chi connectivity index (χ3n) is 2.53. The lowest BCUT2D eigenvalue weighted by Crippen LogP contribution is -2.24. The average molecular weight is 228 g/mol. The second-order valence-electron chi connectivity index (χ2n) is 3.79. The molecule has 2 aromatic rings. The van der Waals surface area contributed by atoms with Gasteiger partial charge in [0.2, 0.25) is 0 Å². The van der Waals surface area contributed by atoms with Gasteiger partial charge >= 0.3 is 0 Å². The standard InChI is InChI=1S/C14H16N2O/c1-16(11-15)12-7-9-14(10-8-12)17-13-5-3-2-4-6-13/h2-10H,11,15H2,1H3. The summed E-state index contributed by atoms with van der Waals surface area (Å²) in [5.41, 5.74) is 6.64. The van der Waals surface area contributed by atoms with E-state index in [0.29, 0.717) is 6.67 Å². The fourth-order valence-electron chi connectivity index (χ4n) is 1.50. The maximum absolute atomic E-state index is 5.70. The highest BCUT2D eigenvalue weighted by Crippen LogP contribution is 2.23. The zero-order valence-electron chi connectivity index (χ0n) is 9.84. The summed E-state index contributed by atoms with van der Waals surface area (Å²) in [6.07, 6.45) is 0. The van der Waals surface area contributed by atoms with Crippen molar-refractivity contribution in [2.24, 2.45) is 5.73 Å². The Kier molecular flexibility index (Phi) is 3.62. The molecular weight excluding hydrogens is 212 g/mol. The van der Waals surface area contributed by atoms with Gasteiger partial charge < -0.3 is 15.4 Å². The lowest BCUT2D eigenvalue weighted by Gasteiger charge is -2.16. The first-order valence-electron chi connectivity index (χ1n) is 5.54. The van der Waals surface area contributed by atoms with Gasteiger partial charge in [-0.2, -0.15) is 0 Å². The quantitative estimate of drug-likeness (QED) is 0.818. The molecule has 0 aliphatic heterocycles. The molecule has 0 radical (unpaired) electrons. The number of nitrogens with zero attached hydrogens (tertiary/aromatic N) is 1. The van der Waals surface area contributed by atoms with Crippen LogP contribution in [0, 0.1) is 0 Å². The molecule has 3 nitrogen and oxygen atoms in total. The minimum Gasteiger partial charge on any atom is -0.457 e. The summed E-state index contributed by atoms with van der Waals surface area (Å²) in [5.74, 6) is 1.66. The van der Waals surface area contributed by atoms with Crippen LogP contribution in [0.1, 0.15) is 0 Å². The number of hydrogen-bond donors (Lipinski definition) is 1. The fraction of sp³-hybridized carbons (Fsp3) is 0.143. The third kappa shape index (κ3) is 2.98. The molecule has 0 heterocycles. The highest BCUT2D eigenvalue weighted by atomic mass is 16.5. The zero-order valence-corrected chi connectivity index (χ0v) is 9.84. The molecule has 2 rings (SSSR count). The molecule has 0 bridgehead atoms. The van der Waals surface area contributed by atoms with Crippen LogP contribution in [0.15, 0.2) is 54.6 Å². The molecule has 17 heavy (non-hydrogen) atoms. The summed E-state index contributed by atoms with van der Waals surface area (Å²) in [6, 6.07) is 17.6. The Morgan fingerprint density at radius 2 is 1.53 bits per heavy atom. The van der Waals surface area contributed by atoms with Crippen molar-refractivity contribution in [3.8, 4) is 11.5 Å². The number of anilines is 1. The molecule has 0 aliphatic carbocycles. The van der Waals surface area contributed by atoms with Gasteiger partial charge in [-0.05, 0) is 36.4 Å². The molecule has 0 aliphatic rings. The van der Waals surface area contributed by atoms with E-state index >= 15 is 0 Å². The molecule has 88 valence electrons. The van der Waals surface area contributed by atoms with Crippen LogP contribution in [-0.4, -0.2) is 13.7 Å². The number of benzene rings is 2. The van der Waals surface area contributed by atoms with Crippen molar-refractivity contribution in [2.45, 2.75) is 0 Å². The van der Waals surface area contributed by atoms with Crippen molar-refractivity contribution < 1.29 is 4.74 Å². The number of para-hydroxylation sites is 1. The van der Waals surface area contributed by atoms with Gasteiger partial charge in [0.25, 0.3) is 0 Å². The van der Waals surface area contributed by atoms with Crippen molar-refractivity contribution in [3.05, 3.63) is 54.6 Å². The maximum atomic E-state index is 5.70. The van der Waals surface area contributed by atoms with Gasteiger partial charge in [0, 0.05) is 12.7 Å². The molecule has 3 heteroatoms. The van der Waals surface area contributed by atoms with Gasteiger partial charge in [-0.1, -0.05) is 18.2 Å². The molecule has 0 unspecified atom stereocenters. The Bertz CT molecular complexity index is 453. The molecule has 0 amide bonds. The van der Waals surface area contributed by atoms with Gasteiger partial charge in [0.05, 0.1) is 6.67 Å². The highest BCUT2D eigenvalue weighted by molar-refractivity contribution is 5.48. The van der Waals surface area contributed by atoms with Crippen LogP contribution < -0.4 is 15.4 Å². The monoisotopic (exact) mass is 228 g/mol. The van der Waals surface area contributed by atoms with Crippen LogP contribution in [0.4, 0.5) is 5.69 Å². The molecule has 0 aromatic heterocycles. The molecule has 0 saturated heterocycles. The number of ether oxygens (including phenoxy) is 1. The van der Waals surface area contributed by atoms with E-state index in [9.17, 15) is 0 Å². The SMILES string of the molecule is CN(CN)c1ccc(Oc2ccccc2)cc1. The molecule has 2 N–H and O–H groups in total. The van der Waals surface area contributed by atoms with E-state index in [4.69, 9.17) is 10.5 Å². The molecule has 2 aromatic carbocycles. The zero-order chi connectivity index (χ0) is 12.1. The van der Waals surface area contributed by atoms with Gasteiger partial charge in [-0.3, -0.25) is 0 Å². The third-order valence-corrected chi connectivity index (χ3v) is 2.53. The van der Waals surface area contributed by atoms with E-state index in [1.54, 1.807) is 0 Å². The van der Waals surface area contributed by atoms with Gasteiger partial charge in [-0.15, -0.1) is 0 Å². The first-order valence-corrected chi connectivity index (χ1v) is 5.54. The lowest BCUT2D eigenvalue weighted by atomic mass is 10.3. The van der Waals surface area contributed by atoms with E-state index in [1.165, 1.54) is 0 Å². The minimum absolute atomic E-state index is 0.499. The highest BCUT2D eigenvalue weighted by Gasteiger charge is 1.99. The number of nitrogens with two attached hydrogens (primary N) is 1. The fourth-order valence-corrected chi connectivity index (χ4v) is 1.50. The van der Waals surface area contributed by atoms with Crippen molar-refractivity contribution in [1.29, 1.82) is 0 Å². The van der Waals surface area contributed by atoms with E-state index in [1.807, 2.05) is 66.5 Å². The lowest BCUT2D eigenvalue weighted by molar-refractivity contribution is 0.482. The van der Waals surface area contributed by atoms with E-state index in [0.717, 1.165) is 17.2 Å². The van der Waals surface area contributed by atoms with Crippen LogP contribution >= 0.6 is 0 Å². The van der Waals surface area contributed by atoms with Gasteiger partial charge in [0.1, 0.15) is 11.5 Å². The van der Waals surface area contributed by atoms with E-state index in [-0.39, 0.29) is 0 Å². The predicted molar refractivity (Wildman–Crippen MR) is 70.4 cm³/mol. The summed E-state index contributed by atoms with van der Waals surface area (Å²) < 4.78 is 5.70.